The molecule has 2 heteroatoms. The summed E-state index contributed by atoms with van der Waals surface area (Å²) in [5.41, 5.74) is 1.42. The lowest BCUT2D eigenvalue weighted by Gasteiger charge is -2.40. The first-order valence-corrected chi connectivity index (χ1v) is 7.79. The van der Waals surface area contributed by atoms with Crippen LogP contribution in [0.3, 0.4) is 0 Å². The monoisotopic (exact) mass is 266 g/mol. The van der Waals surface area contributed by atoms with E-state index in [1.807, 2.05) is 0 Å². The standard InChI is InChI=1S/C18H22N2/c1-19-15-11-17-8-9-18(12-15)20(17)16-7-6-13-4-2-3-5-14(13)10-16/h2-7,10,15,17-19H,8-9,11-12H2,1H3. The number of hydrogen-bond acceptors (Lipinski definition) is 2. The van der Waals surface area contributed by atoms with Crippen LogP contribution in [0.5, 0.6) is 0 Å². The molecule has 0 aliphatic carbocycles. The molecule has 2 heterocycles. The summed E-state index contributed by atoms with van der Waals surface area (Å²) in [6.07, 6.45) is 5.30. The summed E-state index contributed by atoms with van der Waals surface area (Å²) in [7, 11) is 2.11. The minimum absolute atomic E-state index is 0.712. The molecule has 0 saturated carbocycles. The molecule has 1 N–H and O–H groups in total. The Hall–Kier alpha value is -1.54. The van der Waals surface area contributed by atoms with E-state index in [2.05, 4.69) is 59.7 Å². The zero-order valence-corrected chi connectivity index (χ0v) is 12.0. The maximum atomic E-state index is 3.48. The molecule has 2 saturated heterocycles. The van der Waals surface area contributed by atoms with Gasteiger partial charge in [0.25, 0.3) is 0 Å². The lowest BCUT2D eigenvalue weighted by molar-refractivity contribution is 0.374. The van der Waals surface area contributed by atoms with E-state index in [4.69, 9.17) is 0 Å². The van der Waals surface area contributed by atoms with E-state index in [0.29, 0.717) is 6.04 Å². The van der Waals surface area contributed by atoms with E-state index < -0.39 is 0 Å². The van der Waals surface area contributed by atoms with Crippen LogP contribution in [0.25, 0.3) is 10.8 Å². The first-order chi connectivity index (χ1) is 9.85. The number of nitrogens with one attached hydrogen (secondary N) is 1. The van der Waals surface area contributed by atoms with Gasteiger partial charge in [0.1, 0.15) is 0 Å². The van der Waals surface area contributed by atoms with Crippen LogP contribution in [0.2, 0.25) is 0 Å². The Morgan fingerprint density at radius 2 is 1.65 bits per heavy atom. The topological polar surface area (TPSA) is 15.3 Å². The Kier molecular flexibility index (Phi) is 2.92. The van der Waals surface area contributed by atoms with Crippen molar-refractivity contribution in [2.45, 2.75) is 43.8 Å². The molecule has 2 aliphatic rings. The van der Waals surface area contributed by atoms with Crippen LogP contribution in [-0.2, 0) is 0 Å². The maximum Gasteiger partial charge on any atom is 0.0377 e. The van der Waals surface area contributed by atoms with Gasteiger partial charge < -0.3 is 10.2 Å². The van der Waals surface area contributed by atoms with Crippen LogP contribution in [0, 0.1) is 0 Å². The van der Waals surface area contributed by atoms with Gasteiger partial charge in [0.05, 0.1) is 0 Å². The molecule has 2 atom stereocenters. The molecule has 2 aromatic rings. The average molecular weight is 266 g/mol. The van der Waals surface area contributed by atoms with Crippen LogP contribution in [0.4, 0.5) is 5.69 Å². The van der Waals surface area contributed by atoms with E-state index in [0.717, 1.165) is 12.1 Å². The summed E-state index contributed by atoms with van der Waals surface area (Å²) in [6.45, 7) is 0. The van der Waals surface area contributed by atoms with Gasteiger partial charge in [0.2, 0.25) is 0 Å². The number of nitrogens with zero attached hydrogens (tertiary/aromatic N) is 1. The lowest BCUT2D eigenvalue weighted by atomic mass is 9.96. The fourth-order valence-electron chi connectivity index (χ4n) is 4.17. The molecule has 2 unspecified atom stereocenters. The van der Waals surface area contributed by atoms with Crippen molar-refractivity contribution in [2.24, 2.45) is 0 Å². The quantitative estimate of drug-likeness (QED) is 0.894. The SMILES string of the molecule is CNC1CC2CCC(C1)N2c1ccc2ccccc2c1. The van der Waals surface area contributed by atoms with Gasteiger partial charge in [-0.15, -0.1) is 0 Å². The molecule has 2 nitrogen and oxygen atoms in total. The fraction of sp³-hybridized carbons (Fsp3) is 0.444. The van der Waals surface area contributed by atoms with Gasteiger partial charge in [-0.2, -0.15) is 0 Å². The van der Waals surface area contributed by atoms with Gasteiger partial charge in [-0.05, 0) is 55.6 Å². The number of fused-ring (bicyclic) bond motifs is 3. The van der Waals surface area contributed by atoms with Crippen molar-refractivity contribution in [1.29, 1.82) is 0 Å². The number of piperidine rings is 1. The van der Waals surface area contributed by atoms with Gasteiger partial charge in [-0.3, -0.25) is 0 Å². The highest BCUT2D eigenvalue weighted by atomic mass is 15.2. The summed E-state index contributed by atoms with van der Waals surface area (Å²) in [5.74, 6) is 0. The third-order valence-corrected chi connectivity index (χ3v) is 5.17. The Labute approximate surface area is 120 Å². The second-order valence-corrected chi connectivity index (χ2v) is 6.28. The molecule has 0 amide bonds. The van der Waals surface area contributed by atoms with E-state index in [9.17, 15) is 0 Å². The predicted octanol–water partition coefficient (Wildman–Crippen LogP) is 3.56. The van der Waals surface area contributed by atoms with Crippen molar-refractivity contribution in [3.63, 3.8) is 0 Å². The van der Waals surface area contributed by atoms with Crippen LogP contribution in [-0.4, -0.2) is 25.2 Å². The van der Waals surface area contributed by atoms with Gasteiger partial charge in [0, 0.05) is 23.8 Å². The van der Waals surface area contributed by atoms with Crippen molar-refractivity contribution in [3.8, 4) is 0 Å². The smallest absolute Gasteiger partial charge is 0.0377 e. The first kappa shape index (κ1) is 12.2. The summed E-state index contributed by atoms with van der Waals surface area (Å²) < 4.78 is 0. The van der Waals surface area contributed by atoms with Crippen molar-refractivity contribution in [1.82, 2.24) is 5.32 Å². The molecule has 20 heavy (non-hydrogen) atoms. The fourth-order valence-corrected chi connectivity index (χ4v) is 4.17. The van der Waals surface area contributed by atoms with Crippen LogP contribution in [0.15, 0.2) is 42.5 Å². The molecule has 2 aromatic carbocycles. The minimum Gasteiger partial charge on any atom is -0.365 e. The van der Waals surface area contributed by atoms with Crippen LogP contribution < -0.4 is 10.2 Å². The molecular formula is C18H22N2. The molecular weight excluding hydrogens is 244 g/mol. The van der Waals surface area contributed by atoms with E-state index in [1.54, 1.807) is 0 Å². The summed E-state index contributed by atoms with van der Waals surface area (Å²) in [4.78, 5) is 2.69. The highest BCUT2D eigenvalue weighted by molar-refractivity contribution is 5.86. The molecule has 0 aromatic heterocycles. The molecule has 0 radical (unpaired) electrons. The summed E-state index contributed by atoms with van der Waals surface area (Å²) >= 11 is 0. The van der Waals surface area contributed by atoms with E-state index in [1.165, 1.54) is 42.1 Å². The normalized spacial score (nSPS) is 29.1. The first-order valence-electron chi connectivity index (χ1n) is 7.79. The maximum absolute atomic E-state index is 3.48. The zero-order chi connectivity index (χ0) is 13.5. The van der Waals surface area contributed by atoms with Crippen LogP contribution >= 0.6 is 0 Å². The summed E-state index contributed by atoms with van der Waals surface area (Å²) in [5, 5.41) is 6.18. The van der Waals surface area contributed by atoms with Crippen molar-refractivity contribution in [2.75, 3.05) is 11.9 Å². The largest absolute Gasteiger partial charge is 0.365 e. The number of hydrogen-bond donors (Lipinski definition) is 1. The Morgan fingerprint density at radius 3 is 2.35 bits per heavy atom. The minimum atomic E-state index is 0.712. The highest BCUT2D eigenvalue weighted by Crippen LogP contribution is 2.40. The third-order valence-electron chi connectivity index (χ3n) is 5.17. The van der Waals surface area contributed by atoms with Gasteiger partial charge in [-0.25, -0.2) is 0 Å². The second-order valence-electron chi connectivity index (χ2n) is 6.28. The van der Waals surface area contributed by atoms with Crippen molar-refractivity contribution in [3.05, 3.63) is 42.5 Å². The highest BCUT2D eigenvalue weighted by Gasteiger charge is 2.40. The zero-order valence-electron chi connectivity index (χ0n) is 12.0. The van der Waals surface area contributed by atoms with Gasteiger partial charge in [0.15, 0.2) is 0 Å². The molecule has 104 valence electrons. The molecule has 0 spiro atoms. The Bertz CT molecular complexity index is 608. The summed E-state index contributed by atoms with van der Waals surface area (Å²) in [6, 6.07) is 17.8. The predicted molar refractivity (Wildman–Crippen MR) is 85.3 cm³/mol. The second kappa shape index (κ2) is 4.78. The number of benzene rings is 2. The molecule has 2 aliphatic heterocycles. The van der Waals surface area contributed by atoms with Gasteiger partial charge in [-0.1, -0.05) is 30.3 Å². The van der Waals surface area contributed by atoms with E-state index >= 15 is 0 Å². The lowest BCUT2D eigenvalue weighted by Crippen LogP contribution is -2.48. The van der Waals surface area contributed by atoms with Crippen molar-refractivity contribution < 1.29 is 0 Å². The molecule has 2 fully saturated rings. The number of rotatable bonds is 2. The van der Waals surface area contributed by atoms with Crippen molar-refractivity contribution >= 4 is 16.5 Å². The average Bonchev–Trinajstić information content (AvgIpc) is 2.77. The van der Waals surface area contributed by atoms with Gasteiger partial charge >= 0.3 is 0 Å². The van der Waals surface area contributed by atoms with E-state index in [-0.39, 0.29) is 0 Å². The molecule has 2 bridgehead atoms. The third kappa shape index (κ3) is 1.90. The molecule has 4 rings (SSSR count). The Balaban J connectivity index is 1.69. The Morgan fingerprint density at radius 1 is 0.950 bits per heavy atom. The number of anilines is 1. The van der Waals surface area contributed by atoms with Crippen LogP contribution in [0.1, 0.15) is 25.7 Å².